The van der Waals surface area contributed by atoms with Gasteiger partial charge in [-0.3, -0.25) is 0 Å². The molecule has 0 spiro atoms. The lowest BCUT2D eigenvalue weighted by molar-refractivity contribution is 1.01. The molecule has 0 amide bonds. The van der Waals surface area contributed by atoms with Gasteiger partial charge in [0.15, 0.2) is 0 Å². The van der Waals surface area contributed by atoms with Crippen molar-refractivity contribution in [2.24, 2.45) is 0 Å². The lowest BCUT2D eigenvalue weighted by Crippen LogP contribution is -1.94. The Bertz CT molecular complexity index is 618. The van der Waals surface area contributed by atoms with Gasteiger partial charge in [-0.15, -0.1) is 0 Å². The molecule has 0 unspecified atom stereocenters. The summed E-state index contributed by atoms with van der Waals surface area (Å²) < 4.78 is 2.26. The van der Waals surface area contributed by atoms with Crippen molar-refractivity contribution in [3.63, 3.8) is 0 Å². The maximum Gasteiger partial charge on any atom is 0.0452 e. The van der Waals surface area contributed by atoms with Crippen LogP contribution in [0.15, 0.2) is 66.9 Å². The highest BCUT2D eigenvalue weighted by atomic mass is 15.0. The van der Waals surface area contributed by atoms with Crippen LogP contribution in [0.4, 0.5) is 0 Å². The molecule has 1 aromatic heterocycles. The molecular formula is C18H17N. The number of rotatable bonds is 2. The van der Waals surface area contributed by atoms with Crippen LogP contribution in [0.3, 0.4) is 0 Å². The summed E-state index contributed by atoms with van der Waals surface area (Å²) >= 11 is 0. The van der Waals surface area contributed by atoms with E-state index in [0.717, 1.165) is 0 Å². The number of hydrogen-bond acceptors (Lipinski definition) is 0. The van der Waals surface area contributed by atoms with Gasteiger partial charge in [-0.1, -0.05) is 48.5 Å². The molecule has 0 aliphatic rings. The van der Waals surface area contributed by atoms with Gasteiger partial charge in [-0.05, 0) is 37.1 Å². The van der Waals surface area contributed by atoms with E-state index >= 15 is 0 Å². The van der Waals surface area contributed by atoms with E-state index in [0.29, 0.717) is 0 Å². The average Bonchev–Trinajstić information content (AvgIpc) is 2.77. The van der Waals surface area contributed by atoms with Crippen molar-refractivity contribution in [3.8, 4) is 16.8 Å². The van der Waals surface area contributed by atoms with Gasteiger partial charge in [0.25, 0.3) is 0 Å². The maximum absolute atomic E-state index is 2.26. The molecule has 0 fully saturated rings. The van der Waals surface area contributed by atoms with Crippen LogP contribution < -0.4 is 0 Å². The monoisotopic (exact) mass is 247 g/mol. The summed E-state index contributed by atoms with van der Waals surface area (Å²) in [6.45, 7) is 4.37. The molecule has 19 heavy (non-hydrogen) atoms. The first-order valence-corrected chi connectivity index (χ1v) is 6.57. The zero-order chi connectivity index (χ0) is 13.2. The summed E-state index contributed by atoms with van der Waals surface area (Å²) in [6.07, 6.45) is 2.23. The van der Waals surface area contributed by atoms with E-state index in [1.165, 1.54) is 28.1 Å². The predicted octanol–water partition coefficient (Wildman–Crippen LogP) is 4.76. The fourth-order valence-electron chi connectivity index (χ4n) is 2.46. The van der Waals surface area contributed by atoms with Crippen LogP contribution in [0, 0.1) is 13.8 Å². The second-order valence-electron chi connectivity index (χ2n) is 4.82. The first-order valence-electron chi connectivity index (χ1n) is 6.57. The molecule has 0 bridgehead atoms. The maximum atomic E-state index is 2.26. The van der Waals surface area contributed by atoms with Crippen molar-refractivity contribution >= 4 is 0 Å². The standard InChI is InChI=1S/C18H17N/c1-14-15(2)19(17-11-7-4-8-12-17)13-18(14)16-9-5-3-6-10-16/h3-13H,1-2H3. The third-order valence-electron chi connectivity index (χ3n) is 3.69. The van der Waals surface area contributed by atoms with Gasteiger partial charge in [-0.25, -0.2) is 0 Å². The summed E-state index contributed by atoms with van der Waals surface area (Å²) in [6, 6.07) is 21.0. The van der Waals surface area contributed by atoms with Crippen molar-refractivity contribution in [2.75, 3.05) is 0 Å². The molecule has 0 saturated heterocycles. The van der Waals surface area contributed by atoms with Crippen molar-refractivity contribution < 1.29 is 0 Å². The summed E-state index contributed by atoms with van der Waals surface area (Å²) in [5.74, 6) is 0. The van der Waals surface area contributed by atoms with Crippen molar-refractivity contribution in [2.45, 2.75) is 13.8 Å². The van der Waals surface area contributed by atoms with Crippen LogP contribution in [-0.4, -0.2) is 4.57 Å². The first-order chi connectivity index (χ1) is 9.27. The Morgan fingerprint density at radius 3 is 1.95 bits per heavy atom. The molecule has 2 aromatic carbocycles. The minimum atomic E-state index is 1.21. The molecule has 3 rings (SSSR count). The predicted molar refractivity (Wildman–Crippen MR) is 80.7 cm³/mol. The van der Waals surface area contributed by atoms with E-state index in [-0.39, 0.29) is 0 Å². The van der Waals surface area contributed by atoms with Gasteiger partial charge >= 0.3 is 0 Å². The lowest BCUT2D eigenvalue weighted by atomic mass is 10.0. The molecule has 0 radical (unpaired) electrons. The van der Waals surface area contributed by atoms with Gasteiger partial charge in [-0.2, -0.15) is 0 Å². The molecule has 1 nitrogen and oxygen atoms in total. The van der Waals surface area contributed by atoms with Crippen LogP contribution in [0.25, 0.3) is 16.8 Å². The van der Waals surface area contributed by atoms with E-state index < -0.39 is 0 Å². The Kier molecular flexibility index (Phi) is 2.96. The summed E-state index contributed by atoms with van der Waals surface area (Å²) in [5.41, 5.74) is 6.44. The van der Waals surface area contributed by atoms with Crippen molar-refractivity contribution in [1.29, 1.82) is 0 Å². The van der Waals surface area contributed by atoms with E-state index in [9.17, 15) is 0 Å². The molecule has 3 aromatic rings. The van der Waals surface area contributed by atoms with Gasteiger partial charge in [0.1, 0.15) is 0 Å². The zero-order valence-electron chi connectivity index (χ0n) is 11.3. The second kappa shape index (κ2) is 4.77. The largest absolute Gasteiger partial charge is 0.320 e. The average molecular weight is 247 g/mol. The quantitative estimate of drug-likeness (QED) is 0.615. The summed E-state index contributed by atoms with van der Waals surface area (Å²) in [7, 11) is 0. The number of benzene rings is 2. The van der Waals surface area contributed by atoms with E-state index in [4.69, 9.17) is 0 Å². The summed E-state index contributed by atoms with van der Waals surface area (Å²) in [5, 5.41) is 0. The molecule has 0 N–H and O–H groups in total. The zero-order valence-corrected chi connectivity index (χ0v) is 11.3. The molecule has 1 heterocycles. The number of para-hydroxylation sites is 1. The highest BCUT2D eigenvalue weighted by Gasteiger charge is 2.10. The smallest absolute Gasteiger partial charge is 0.0452 e. The topological polar surface area (TPSA) is 4.93 Å². The molecule has 0 aliphatic carbocycles. The number of nitrogens with zero attached hydrogens (tertiary/aromatic N) is 1. The molecule has 0 saturated carbocycles. The van der Waals surface area contributed by atoms with Crippen LogP contribution >= 0.6 is 0 Å². The van der Waals surface area contributed by atoms with Gasteiger partial charge in [0.2, 0.25) is 0 Å². The lowest BCUT2D eigenvalue weighted by Gasteiger charge is -2.05. The Morgan fingerprint density at radius 2 is 1.32 bits per heavy atom. The first kappa shape index (κ1) is 11.8. The Morgan fingerprint density at radius 1 is 0.737 bits per heavy atom. The van der Waals surface area contributed by atoms with Gasteiger partial charge in [0, 0.05) is 23.1 Å². The molecule has 0 aliphatic heterocycles. The van der Waals surface area contributed by atoms with Crippen LogP contribution in [0.1, 0.15) is 11.3 Å². The van der Waals surface area contributed by atoms with Crippen LogP contribution in [-0.2, 0) is 0 Å². The minimum Gasteiger partial charge on any atom is -0.320 e. The SMILES string of the molecule is Cc1c(-c2ccccc2)cn(-c2ccccc2)c1C. The van der Waals surface area contributed by atoms with E-state index in [1.807, 2.05) is 6.07 Å². The van der Waals surface area contributed by atoms with E-state index in [1.54, 1.807) is 0 Å². The van der Waals surface area contributed by atoms with Crippen LogP contribution in [0.5, 0.6) is 0 Å². The minimum absolute atomic E-state index is 1.21. The van der Waals surface area contributed by atoms with Crippen molar-refractivity contribution in [1.82, 2.24) is 4.57 Å². The third kappa shape index (κ3) is 2.08. The Hall–Kier alpha value is -2.28. The molecule has 1 heteroatoms. The second-order valence-corrected chi connectivity index (χ2v) is 4.82. The molecular weight excluding hydrogens is 230 g/mol. The summed E-state index contributed by atoms with van der Waals surface area (Å²) in [4.78, 5) is 0. The highest BCUT2D eigenvalue weighted by molar-refractivity contribution is 5.69. The third-order valence-corrected chi connectivity index (χ3v) is 3.69. The number of aromatic nitrogens is 1. The molecule has 0 atom stereocenters. The van der Waals surface area contributed by atoms with E-state index in [2.05, 4.69) is 79.2 Å². The molecule has 94 valence electrons. The fourth-order valence-corrected chi connectivity index (χ4v) is 2.46. The Balaban J connectivity index is 2.16. The van der Waals surface area contributed by atoms with Crippen LogP contribution in [0.2, 0.25) is 0 Å². The normalized spacial score (nSPS) is 10.6. The Labute approximate surface area is 114 Å². The van der Waals surface area contributed by atoms with Crippen molar-refractivity contribution in [3.05, 3.63) is 78.1 Å². The van der Waals surface area contributed by atoms with Gasteiger partial charge in [0.05, 0.1) is 0 Å². The fraction of sp³-hybridized carbons (Fsp3) is 0.111. The van der Waals surface area contributed by atoms with Gasteiger partial charge < -0.3 is 4.57 Å². The number of hydrogen-bond donors (Lipinski definition) is 0. The highest BCUT2D eigenvalue weighted by Crippen LogP contribution is 2.29.